The van der Waals surface area contributed by atoms with Crippen molar-refractivity contribution in [2.45, 2.75) is 32.7 Å². The van der Waals surface area contributed by atoms with Crippen molar-refractivity contribution in [1.29, 1.82) is 0 Å². The van der Waals surface area contributed by atoms with E-state index in [1.807, 2.05) is 20.8 Å². The summed E-state index contributed by atoms with van der Waals surface area (Å²) in [5.74, 6) is -0.787. The molecular formula is C13H20N4O3. The van der Waals surface area contributed by atoms with Gasteiger partial charge in [-0.2, -0.15) is 0 Å². The molecule has 0 atom stereocenters. The Morgan fingerprint density at radius 1 is 1.40 bits per heavy atom. The van der Waals surface area contributed by atoms with E-state index in [0.717, 1.165) is 0 Å². The zero-order valence-corrected chi connectivity index (χ0v) is 11.9. The highest BCUT2D eigenvalue weighted by molar-refractivity contribution is 5.89. The highest BCUT2D eigenvalue weighted by Crippen LogP contribution is 2.16. The highest BCUT2D eigenvalue weighted by Gasteiger charge is 2.13. The van der Waals surface area contributed by atoms with Crippen LogP contribution >= 0.6 is 0 Å². The number of carbonyl (C=O) groups excluding carboxylic acids is 1. The second-order valence-corrected chi connectivity index (χ2v) is 5.44. The SMILES string of the molecule is CC(C)(C)NC(=O)CCNc1ncc(C(=O)O)cc1N. The molecule has 110 valence electrons. The number of carboxylic acid groups (broad SMARTS) is 1. The van der Waals surface area contributed by atoms with Gasteiger partial charge in [0.15, 0.2) is 0 Å². The minimum atomic E-state index is -1.08. The second kappa shape index (κ2) is 6.23. The first-order chi connectivity index (χ1) is 9.19. The van der Waals surface area contributed by atoms with Gasteiger partial charge >= 0.3 is 5.97 Å². The Hall–Kier alpha value is -2.31. The fraction of sp³-hybridized carbons (Fsp3) is 0.462. The highest BCUT2D eigenvalue weighted by atomic mass is 16.4. The molecule has 1 rings (SSSR count). The summed E-state index contributed by atoms with van der Waals surface area (Å²) in [4.78, 5) is 26.3. The third-order valence-electron chi connectivity index (χ3n) is 2.32. The lowest BCUT2D eigenvalue weighted by atomic mass is 10.1. The number of amides is 1. The van der Waals surface area contributed by atoms with Crippen molar-refractivity contribution >= 4 is 23.4 Å². The van der Waals surface area contributed by atoms with Crippen LogP contribution in [0.4, 0.5) is 11.5 Å². The van der Waals surface area contributed by atoms with Crippen LogP contribution in [0.15, 0.2) is 12.3 Å². The molecule has 0 aliphatic rings. The summed E-state index contributed by atoms with van der Waals surface area (Å²) < 4.78 is 0. The number of aromatic nitrogens is 1. The Bertz CT molecular complexity index is 509. The van der Waals surface area contributed by atoms with Gasteiger partial charge in [-0.25, -0.2) is 9.78 Å². The topological polar surface area (TPSA) is 117 Å². The number of nitrogens with zero attached hydrogens (tertiary/aromatic N) is 1. The van der Waals surface area contributed by atoms with Crippen molar-refractivity contribution < 1.29 is 14.7 Å². The average Bonchev–Trinajstić information content (AvgIpc) is 2.28. The lowest BCUT2D eigenvalue weighted by Crippen LogP contribution is -2.41. The molecule has 0 aromatic carbocycles. The van der Waals surface area contributed by atoms with Gasteiger partial charge in [-0.3, -0.25) is 4.79 Å². The standard InChI is InChI=1S/C13H20N4O3/c1-13(2,3)17-10(18)4-5-15-11-9(14)6-8(7-16-11)12(19)20/h6-7H,4-5,14H2,1-3H3,(H,15,16)(H,17,18)(H,19,20). The van der Waals surface area contributed by atoms with Crippen molar-refractivity contribution in [2.75, 3.05) is 17.6 Å². The van der Waals surface area contributed by atoms with Crippen LogP contribution in [0.2, 0.25) is 0 Å². The molecule has 1 amide bonds. The van der Waals surface area contributed by atoms with Crippen LogP contribution in [0, 0.1) is 0 Å². The van der Waals surface area contributed by atoms with Crippen molar-refractivity contribution in [3.63, 3.8) is 0 Å². The molecule has 0 aliphatic carbocycles. The fourth-order valence-corrected chi connectivity index (χ4v) is 1.52. The lowest BCUT2D eigenvalue weighted by molar-refractivity contribution is -0.122. The first kappa shape index (κ1) is 15.7. The van der Waals surface area contributed by atoms with E-state index in [9.17, 15) is 9.59 Å². The number of pyridine rings is 1. The molecule has 1 aromatic rings. The zero-order valence-electron chi connectivity index (χ0n) is 11.9. The minimum absolute atomic E-state index is 0.0264. The van der Waals surface area contributed by atoms with Crippen LogP contribution < -0.4 is 16.4 Å². The number of hydrogen-bond acceptors (Lipinski definition) is 5. The average molecular weight is 280 g/mol. The van der Waals surface area contributed by atoms with Gasteiger partial charge in [-0.1, -0.05) is 0 Å². The maximum Gasteiger partial charge on any atom is 0.337 e. The van der Waals surface area contributed by atoms with Gasteiger partial charge in [-0.05, 0) is 26.8 Å². The van der Waals surface area contributed by atoms with Crippen molar-refractivity contribution in [1.82, 2.24) is 10.3 Å². The molecule has 7 nitrogen and oxygen atoms in total. The monoisotopic (exact) mass is 280 g/mol. The molecule has 0 radical (unpaired) electrons. The Morgan fingerprint density at radius 2 is 2.05 bits per heavy atom. The third-order valence-corrected chi connectivity index (χ3v) is 2.32. The van der Waals surface area contributed by atoms with Crippen LogP contribution in [0.3, 0.4) is 0 Å². The quantitative estimate of drug-likeness (QED) is 0.641. The molecule has 0 saturated carbocycles. The Kier molecular flexibility index (Phi) is 4.90. The summed E-state index contributed by atoms with van der Waals surface area (Å²) >= 11 is 0. The Balaban J connectivity index is 2.51. The summed E-state index contributed by atoms with van der Waals surface area (Å²) in [6, 6.07) is 1.33. The number of aromatic carboxylic acids is 1. The van der Waals surface area contributed by atoms with Gasteiger partial charge in [0.25, 0.3) is 0 Å². The maximum absolute atomic E-state index is 11.6. The van der Waals surface area contributed by atoms with Crippen LogP contribution in [-0.4, -0.2) is 34.1 Å². The van der Waals surface area contributed by atoms with Crippen LogP contribution in [0.25, 0.3) is 0 Å². The van der Waals surface area contributed by atoms with E-state index in [1.165, 1.54) is 12.3 Å². The van der Waals surface area contributed by atoms with E-state index in [1.54, 1.807) is 0 Å². The first-order valence-corrected chi connectivity index (χ1v) is 6.23. The molecule has 0 unspecified atom stereocenters. The molecule has 7 heteroatoms. The number of carbonyl (C=O) groups is 2. The van der Waals surface area contributed by atoms with E-state index < -0.39 is 5.97 Å². The number of carboxylic acids is 1. The molecule has 0 fully saturated rings. The van der Waals surface area contributed by atoms with Gasteiger partial charge in [-0.15, -0.1) is 0 Å². The summed E-state index contributed by atoms with van der Waals surface area (Å²) in [7, 11) is 0. The third kappa shape index (κ3) is 5.13. The summed E-state index contributed by atoms with van der Waals surface area (Å²) in [6.45, 7) is 6.08. The zero-order chi connectivity index (χ0) is 15.3. The summed E-state index contributed by atoms with van der Waals surface area (Å²) in [5.41, 5.74) is 5.69. The molecule has 20 heavy (non-hydrogen) atoms. The van der Waals surface area contributed by atoms with E-state index in [-0.39, 0.29) is 29.1 Å². The molecule has 0 saturated heterocycles. The van der Waals surface area contributed by atoms with Crippen molar-refractivity contribution in [3.05, 3.63) is 17.8 Å². The summed E-state index contributed by atoms with van der Waals surface area (Å²) in [5, 5.41) is 14.5. The summed E-state index contributed by atoms with van der Waals surface area (Å²) in [6.07, 6.45) is 1.50. The smallest absolute Gasteiger partial charge is 0.337 e. The second-order valence-electron chi connectivity index (χ2n) is 5.44. The van der Waals surface area contributed by atoms with Gasteiger partial charge in [0.05, 0.1) is 11.3 Å². The molecule has 5 N–H and O–H groups in total. The van der Waals surface area contributed by atoms with Gasteiger partial charge in [0.2, 0.25) is 5.91 Å². The number of anilines is 2. The molecular weight excluding hydrogens is 260 g/mol. The molecule has 0 bridgehead atoms. The Labute approximate surface area is 117 Å². The number of rotatable bonds is 5. The van der Waals surface area contributed by atoms with E-state index in [4.69, 9.17) is 10.8 Å². The van der Waals surface area contributed by atoms with E-state index in [0.29, 0.717) is 12.4 Å². The molecule has 0 spiro atoms. The van der Waals surface area contributed by atoms with Gasteiger partial charge in [0, 0.05) is 24.7 Å². The van der Waals surface area contributed by atoms with Crippen LogP contribution in [0.5, 0.6) is 0 Å². The number of nitrogens with one attached hydrogen (secondary N) is 2. The van der Waals surface area contributed by atoms with Crippen molar-refractivity contribution in [3.8, 4) is 0 Å². The molecule has 0 aliphatic heterocycles. The predicted octanol–water partition coefficient (Wildman–Crippen LogP) is 1.08. The van der Waals surface area contributed by atoms with Crippen LogP contribution in [-0.2, 0) is 4.79 Å². The maximum atomic E-state index is 11.6. The fourth-order valence-electron chi connectivity index (χ4n) is 1.52. The number of nitrogens with two attached hydrogens (primary N) is 1. The van der Waals surface area contributed by atoms with Crippen molar-refractivity contribution in [2.24, 2.45) is 0 Å². The van der Waals surface area contributed by atoms with Gasteiger partial charge < -0.3 is 21.5 Å². The van der Waals surface area contributed by atoms with Crippen LogP contribution in [0.1, 0.15) is 37.6 Å². The molecule has 1 heterocycles. The Morgan fingerprint density at radius 3 is 2.55 bits per heavy atom. The van der Waals surface area contributed by atoms with E-state index >= 15 is 0 Å². The number of hydrogen-bond donors (Lipinski definition) is 4. The minimum Gasteiger partial charge on any atom is -0.478 e. The number of nitrogen functional groups attached to an aromatic ring is 1. The van der Waals surface area contributed by atoms with E-state index in [2.05, 4.69) is 15.6 Å². The van der Waals surface area contributed by atoms with Gasteiger partial charge in [0.1, 0.15) is 5.82 Å². The normalized spacial score (nSPS) is 10.9. The largest absolute Gasteiger partial charge is 0.478 e. The molecule has 1 aromatic heterocycles. The first-order valence-electron chi connectivity index (χ1n) is 6.23. The predicted molar refractivity (Wildman–Crippen MR) is 76.6 cm³/mol. The lowest BCUT2D eigenvalue weighted by Gasteiger charge is -2.20.